The summed E-state index contributed by atoms with van der Waals surface area (Å²) in [6.45, 7) is 7.79. The molecule has 21 heavy (non-hydrogen) atoms. The van der Waals surface area contributed by atoms with Gasteiger partial charge in [-0.2, -0.15) is 0 Å². The molecule has 0 aromatic heterocycles. The Hall–Kier alpha value is -0.195. The Bertz CT molecular complexity index is 266. The van der Waals surface area contributed by atoms with Crippen molar-refractivity contribution in [1.82, 2.24) is 0 Å². The second-order valence-electron chi connectivity index (χ2n) is 7.79. The number of hydrogen-bond acceptors (Lipinski definition) is 0. The van der Waals surface area contributed by atoms with E-state index in [0.717, 1.165) is 18.3 Å². The summed E-state index contributed by atoms with van der Waals surface area (Å²) in [5.74, 6) is 1.97. The molecule has 120 valence electrons. The largest absolute Gasteiger partial charge is 0.176 e. The van der Waals surface area contributed by atoms with Gasteiger partial charge in [0.25, 0.3) is 0 Å². The average Bonchev–Trinajstić information content (AvgIpc) is 2.54. The van der Waals surface area contributed by atoms with E-state index in [-0.39, 0.29) is 0 Å². The Morgan fingerprint density at radius 2 is 1.33 bits per heavy atom. The topological polar surface area (TPSA) is 0 Å². The zero-order valence-corrected chi connectivity index (χ0v) is 14.5. The van der Waals surface area contributed by atoms with Gasteiger partial charge in [0.2, 0.25) is 0 Å². The van der Waals surface area contributed by atoms with Gasteiger partial charge in [0, 0.05) is 0 Å². The molecule has 0 radical (unpaired) electrons. The van der Waals surface area contributed by atoms with Crippen molar-refractivity contribution in [1.29, 1.82) is 0 Å². The highest BCUT2D eigenvalue weighted by molar-refractivity contribution is 6.69. The van der Waals surface area contributed by atoms with Gasteiger partial charge in [-0.1, -0.05) is 108 Å². The van der Waals surface area contributed by atoms with Crippen molar-refractivity contribution in [2.24, 2.45) is 0 Å². The first kappa shape index (κ1) is 17.2. The van der Waals surface area contributed by atoms with Gasteiger partial charge in [-0.3, -0.25) is 0 Å². The van der Waals surface area contributed by atoms with Crippen LogP contribution in [-0.4, -0.2) is 6.71 Å². The van der Waals surface area contributed by atoms with Crippen LogP contribution in [0.2, 0.25) is 11.6 Å². The summed E-state index contributed by atoms with van der Waals surface area (Å²) in [5, 5.41) is 0. The quantitative estimate of drug-likeness (QED) is 0.327. The highest BCUT2D eigenvalue weighted by atomic mass is 14.2. The molecule has 2 aliphatic carbocycles. The molecule has 0 nitrogen and oxygen atoms in total. The van der Waals surface area contributed by atoms with Crippen molar-refractivity contribution in [3.8, 4) is 0 Å². The van der Waals surface area contributed by atoms with Crippen molar-refractivity contribution in [3.05, 3.63) is 12.1 Å². The maximum absolute atomic E-state index is 4.60. The van der Waals surface area contributed by atoms with Gasteiger partial charge in [0.05, 0.1) is 0 Å². The van der Waals surface area contributed by atoms with Crippen LogP contribution < -0.4 is 0 Å². The molecule has 2 fully saturated rings. The molecule has 0 atom stereocenters. The summed E-state index contributed by atoms with van der Waals surface area (Å²) in [4.78, 5) is 0. The SMILES string of the molecule is C=C(CCCCCC)B(C1CCCCC1)C1CCCCC1. The molecule has 0 unspecified atom stereocenters. The van der Waals surface area contributed by atoms with Crippen molar-refractivity contribution in [3.63, 3.8) is 0 Å². The Kier molecular flexibility index (Phi) is 7.97. The summed E-state index contributed by atoms with van der Waals surface area (Å²) < 4.78 is 0. The third-order valence-electron chi connectivity index (χ3n) is 6.14. The van der Waals surface area contributed by atoms with Crippen LogP contribution in [0.25, 0.3) is 0 Å². The van der Waals surface area contributed by atoms with Crippen LogP contribution in [-0.2, 0) is 0 Å². The average molecular weight is 288 g/mol. The van der Waals surface area contributed by atoms with E-state index < -0.39 is 0 Å². The van der Waals surface area contributed by atoms with Crippen molar-refractivity contribution < 1.29 is 0 Å². The zero-order valence-electron chi connectivity index (χ0n) is 14.5. The molecule has 0 aromatic carbocycles. The predicted molar refractivity (Wildman–Crippen MR) is 97.3 cm³/mol. The first-order valence-electron chi connectivity index (χ1n) is 10.0. The lowest BCUT2D eigenvalue weighted by Gasteiger charge is -2.37. The van der Waals surface area contributed by atoms with Crippen LogP contribution >= 0.6 is 0 Å². The lowest BCUT2D eigenvalue weighted by molar-refractivity contribution is 0.462. The fraction of sp³-hybridized carbons (Fsp3) is 0.900. The molecule has 2 aliphatic rings. The van der Waals surface area contributed by atoms with E-state index in [1.165, 1.54) is 96.3 Å². The Balaban J connectivity index is 1.91. The monoisotopic (exact) mass is 288 g/mol. The molecule has 2 rings (SSSR count). The first-order chi connectivity index (χ1) is 10.3. The number of allylic oxidation sites excluding steroid dienone is 1. The molecule has 2 saturated carbocycles. The summed E-state index contributed by atoms with van der Waals surface area (Å²) in [7, 11) is 0. The van der Waals surface area contributed by atoms with E-state index in [9.17, 15) is 0 Å². The van der Waals surface area contributed by atoms with Crippen molar-refractivity contribution in [2.75, 3.05) is 0 Å². The normalized spacial score (nSPS) is 21.4. The fourth-order valence-electron chi connectivity index (χ4n) is 4.98. The molecule has 1 heteroatoms. The van der Waals surface area contributed by atoms with E-state index >= 15 is 0 Å². The van der Waals surface area contributed by atoms with Gasteiger partial charge in [-0.15, -0.1) is 12.1 Å². The second kappa shape index (κ2) is 9.75. The van der Waals surface area contributed by atoms with Crippen molar-refractivity contribution in [2.45, 2.75) is 115 Å². The van der Waals surface area contributed by atoms with Gasteiger partial charge < -0.3 is 0 Å². The summed E-state index contributed by atoms with van der Waals surface area (Å²) in [6, 6.07) is 0. The van der Waals surface area contributed by atoms with Crippen LogP contribution in [0.15, 0.2) is 12.1 Å². The number of rotatable bonds is 8. The van der Waals surface area contributed by atoms with Crippen LogP contribution in [0.1, 0.15) is 103 Å². The molecule has 0 saturated heterocycles. The lowest BCUT2D eigenvalue weighted by Crippen LogP contribution is -2.32. The van der Waals surface area contributed by atoms with Gasteiger partial charge in [-0.25, -0.2) is 0 Å². The third kappa shape index (κ3) is 5.49. The van der Waals surface area contributed by atoms with Gasteiger partial charge in [0.15, 0.2) is 6.71 Å². The second-order valence-corrected chi connectivity index (χ2v) is 7.79. The van der Waals surface area contributed by atoms with Crippen LogP contribution in [0.3, 0.4) is 0 Å². The minimum absolute atomic E-state index is 0.882. The molecule has 0 aliphatic heterocycles. The van der Waals surface area contributed by atoms with Crippen molar-refractivity contribution >= 4 is 6.71 Å². The Morgan fingerprint density at radius 1 is 0.810 bits per heavy atom. The number of hydrogen-bond donors (Lipinski definition) is 0. The highest BCUT2D eigenvalue weighted by Crippen LogP contribution is 2.44. The molecule has 0 amide bonds. The lowest BCUT2D eigenvalue weighted by atomic mass is 9.27. The maximum atomic E-state index is 4.60. The van der Waals surface area contributed by atoms with Crippen LogP contribution in [0.5, 0.6) is 0 Å². The Morgan fingerprint density at radius 3 is 1.81 bits per heavy atom. The van der Waals surface area contributed by atoms with Gasteiger partial charge in [-0.05, 0) is 6.42 Å². The van der Waals surface area contributed by atoms with Crippen LogP contribution in [0.4, 0.5) is 0 Å². The van der Waals surface area contributed by atoms with E-state index in [0.29, 0.717) is 0 Å². The molecular weight excluding hydrogens is 251 g/mol. The Labute approximate surface area is 134 Å². The van der Waals surface area contributed by atoms with E-state index in [1.807, 2.05) is 0 Å². The van der Waals surface area contributed by atoms with E-state index in [2.05, 4.69) is 13.5 Å². The first-order valence-corrected chi connectivity index (χ1v) is 10.0. The molecule has 0 N–H and O–H groups in total. The third-order valence-corrected chi connectivity index (χ3v) is 6.14. The minimum Gasteiger partial charge on any atom is -0.108 e. The smallest absolute Gasteiger partial charge is 0.108 e. The van der Waals surface area contributed by atoms with Gasteiger partial charge in [0.1, 0.15) is 0 Å². The molecule has 0 spiro atoms. The minimum atomic E-state index is 0.882. The predicted octanol–water partition coefficient (Wildman–Crippen LogP) is 7.22. The van der Waals surface area contributed by atoms with Gasteiger partial charge >= 0.3 is 0 Å². The summed E-state index contributed by atoms with van der Waals surface area (Å²) in [5.41, 5.74) is 1.64. The summed E-state index contributed by atoms with van der Waals surface area (Å²) >= 11 is 0. The van der Waals surface area contributed by atoms with E-state index in [4.69, 9.17) is 0 Å². The van der Waals surface area contributed by atoms with Crippen LogP contribution in [0, 0.1) is 0 Å². The molecule has 0 bridgehead atoms. The highest BCUT2D eigenvalue weighted by Gasteiger charge is 2.35. The molecule has 0 heterocycles. The fourth-order valence-corrected chi connectivity index (χ4v) is 4.98. The molecular formula is C20H37B. The number of unbranched alkanes of at least 4 members (excludes halogenated alkanes) is 3. The standard InChI is InChI=1S/C20H37B/c1-3-4-5-8-13-18(2)21(19-14-9-6-10-15-19)20-16-11-7-12-17-20/h19-20H,2-17H2,1H3. The zero-order chi connectivity index (χ0) is 14.9. The maximum Gasteiger partial charge on any atom is 0.176 e. The van der Waals surface area contributed by atoms with E-state index in [1.54, 1.807) is 5.47 Å². The summed E-state index contributed by atoms with van der Waals surface area (Å²) in [6.07, 6.45) is 21.8. The molecule has 0 aromatic rings.